The molecule has 0 saturated carbocycles. The molecule has 0 spiro atoms. The molecule has 10 heteroatoms. The summed E-state index contributed by atoms with van der Waals surface area (Å²) in [6.07, 6.45) is 3.52. The number of benzene rings is 2. The Labute approximate surface area is 163 Å². The summed E-state index contributed by atoms with van der Waals surface area (Å²) in [7, 11) is 0. The van der Waals surface area contributed by atoms with E-state index in [0.29, 0.717) is 5.52 Å². The largest absolute Gasteiger partial charge is 0.420 e. The van der Waals surface area contributed by atoms with Crippen molar-refractivity contribution in [3.63, 3.8) is 0 Å². The molecular formula is C19H15N5O5. The van der Waals surface area contributed by atoms with Crippen LogP contribution in [0.15, 0.2) is 70.1 Å². The van der Waals surface area contributed by atoms with E-state index in [1.54, 1.807) is 10.9 Å². The zero-order valence-corrected chi connectivity index (χ0v) is 15.0. The number of nitro groups is 1. The Balaban J connectivity index is 1.43. The molecule has 2 heterocycles. The van der Waals surface area contributed by atoms with Gasteiger partial charge in [0.1, 0.15) is 6.54 Å². The number of nitro benzene ring substituents is 1. The van der Waals surface area contributed by atoms with E-state index in [2.05, 4.69) is 10.4 Å². The lowest BCUT2D eigenvalue weighted by molar-refractivity contribution is -0.384. The predicted octanol–water partition coefficient (Wildman–Crippen LogP) is 2.00. The number of nitrogens with one attached hydrogen (secondary N) is 1. The van der Waals surface area contributed by atoms with Crippen LogP contribution in [0.4, 0.5) is 5.69 Å². The van der Waals surface area contributed by atoms with Crippen LogP contribution in [0.1, 0.15) is 5.56 Å². The van der Waals surface area contributed by atoms with E-state index in [1.807, 2.05) is 36.5 Å². The van der Waals surface area contributed by atoms with Crippen LogP contribution < -0.4 is 11.1 Å². The molecule has 0 unspecified atom stereocenters. The van der Waals surface area contributed by atoms with Gasteiger partial charge in [0.15, 0.2) is 5.58 Å². The number of oxazole rings is 1. The molecular weight excluding hydrogens is 378 g/mol. The highest BCUT2D eigenvalue weighted by atomic mass is 16.6. The van der Waals surface area contributed by atoms with Crippen LogP contribution in [0.25, 0.3) is 16.8 Å². The first-order valence-electron chi connectivity index (χ1n) is 8.65. The Bertz CT molecular complexity index is 1240. The van der Waals surface area contributed by atoms with Gasteiger partial charge in [0.2, 0.25) is 5.91 Å². The van der Waals surface area contributed by atoms with Crippen LogP contribution in [-0.2, 0) is 17.9 Å². The van der Waals surface area contributed by atoms with Crippen molar-refractivity contribution >= 4 is 22.7 Å². The van der Waals surface area contributed by atoms with Gasteiger partial charge in [-0.25, -0.2) is 9.48 Å². The van der Waals surface area contributed by atoms with Crippen molar-refractivity contribution in [3.05, 3.63) is 87.2 Å². The lowest BCUT2D eigenvalue weighted by atomic mass is 10.2. The van der Waals surface area contributed by atoms with Gasteiger partial charge in [0.05, 0.1) is 22.2 Å². The second-order valence-electron chi connectivity index (χ2n) is 6.26. The van der Waals surface area contributed by atoms with E-state index >= 15 is 0 Å². The van der Waals surface area contributed by atoms with Crippen molar-refractivity contribution in [2.45, 2.75) is 13.1 Å². The minimum atomic E-state index is -0.751. The number of nitrogens with zero attached hydrogens (tertiary/aromatic N) is 4. The molecule has 4 aromatic rings. The number of fused-ring (bicyclic) bond motifs is 1. The summed E-state index contributed by atoms with van der Waals surface area (Å²) >= 11 is 0. The van der Waals surface area contributed by atoms with Crippen molar-refractivity contribution < 1.29 is 14.1 Å². The van der Waals surface area contributed by atoms with Crippen LogP contribution >= 0.6 is 0 Å². The zero-order chi connectivity index (χ0) is 20.4. The van der Waals surface area contributed by atoms with Gasteiger partial charge >= 0.3 is 5.76 Å². The first-order valence-corrected chi connectivity index (χ1v) is 8.65. The number of rotatable bonds is 6. The van der Waals surface area contributed by atoms with E-state index in [0.717, 1.165) is 21.9 Å². The number of aromatic nitrogens is 3. The number of hydrogen-bond acceptors (Lipinski definition) is 6. The summed E-state index contributed by atoms with van der Waals surface area (Å²) in [5, 5.41) is 17.7. The quantitative estimate of drug-likeness (QED) is 0.394. The van der Waals surface area contributed by atoms with Gasteiger partial charge in [-0.2, -0.15) is 5.10 Å². The molecule has 0 aliphatic rings. The number of carbonyl (C=O) groups is 1. The van der Waals surface area contributed by atoms with E-state index in [4.69, 9.17) is 4.42 Å². The third-order valence-electron chi connectivity index (χ3n) is 4.36. The Kier molecular flexibility index (Phi) is 4.65. The SMILES string of the molecule is O=C(Cn1c(=O)oc2cc([N+](=O)[O-])ccc21)NCc1ccc(-n2cccn2)cc1. The Morgan fingerprint density at radius 2 is 2.00 bits per heavy atom. The first-order chi connectivity index (χ1) is 14.0. The van der Waals surface area contributed by atoms with E-state index in [1.165, 1.54) is 12.1 Å². The van der Waals surface area contributed by atoms with Crippen LogP contribution in [-0.4, -0.2) is 25.2 Å². The molecule has 2 aromatic heterocycles. The van der Waals surface area contributed by atoms with Gasteiger partial charge in [-0.05, 0) is 29.8 Å². The van der Waals surface area contributed by atoms with Crippen molar-refractivity contribution in [3.8, 4) is 5.69 Å². The normalized spacial score (nSPS) is 10.9. The molecule has 1 N–H and O–H groups in total. The van der Waals surface area contributed by atoms with Gasteiger partial charge < -0.3 is 9.73 Å². The summed E-state index contributed by atoms with van der Waals surface area (Å²) < 4.78 is 7.88. The highest BCUT2D eigenvalue weighted by molar-refractivity contribution is 5.80. The highest BCUT2D eigenvalue weighted by Gasteiger charge is 2.16. The standard InChI is InChI=1S/C19H15N5O5/c25-18(20-11-13-2-4-14(5-3-13)23-9-1-8-21-23)12-22-16-7-6-15(24(27)28)10-17(16)29-19(22)26/h1-10H,11-12H2,(H,20,25). The molecule has 0 atom stereocenters. The molecule has 29 heavy (non-hydrogen) atoms. The van der Waals surface area contributed by atoms with E-state index in [9.17, 15) is 19.7 Å². The lowest BCUT2D eigenvalue weighted by Crippen LogP contribution is -2.30. The summed E-state index contributed by atoms with van der Waals surface area (Å²) in [6.45, 7) is 0.0310. The topological polar surface area (TPSA) is 125 Å². The third-order valence-corrected chi connectivity index (χ3v) is 4.36. The molecule has 2 aromatic carbocycles. The van der Waals surface area contributed by atoms with E-state index < -0.39 is 10.7 Å². The number of hydrogen-bond donors (Lipinski definition) is 1. The molecule has 0 fully saturated rings. The van der Waals surface area contributed by atoms with Crippen molar-refractivity contribution in [2.24, 2.45) is 0 Å². The molecule has 0 saturated heterocycles. The van der Waals surface area contributed by atoms with Gasteiger partial charge in [0, 0.05) is 25.0 Å². The maximum atomic E-state index is 12.3. The minimum absolute atomic E-state index is 0.0613. The third kappa shape index (κ3) is 3.76. The Morgan fingerprint density at radius 1 is 1.21 bits per heavy atom. The number of amides is 1. The number of carbonyl (C=O) groups excluding carboxylic acids is 1. The average molecular weight is 393 g/mol. The van der Waals surface area contributed by atoms with E-state index in [-0.39, 0.29) is 30.3 Å². The molecule has 0 radical (unpaired) electrons. The second kappa shape index (κ2) is 7.43. The van der Waals surface area contributed by atoms with Gasteiger partial charge in [-0.15, -0.1) is 0 Å². The summed E-state index contributed by atoms with van der Waals surface area (Å²) in [6, 6.07) is 13.1. The Hall–Kier alpha value is -4.21. The summed E-state index contributed by atoms with van der Waals surface area (Å²) in [5.74, 6) is -1.14. The second-order valence-corrected chi connectivity index (χ2v) is 6.26. The fraction of sp³-hybridized carbons (Fsp3) is 0.105. The summed E-state index contributed by atoms with van der Waals surface area (Å²) in [5.41, 5.74) is 1.97. The van der Waals surface area contributed by atoms with Crippen LogP contribution in [0.2, 0.25) is 0 Å². The fourth-order valence-corrected chi connectivity index (χ4v) is 2.91. The van der Waals surface area contributed by atoms with Gasteiger partial charge in [-0.1, -0.05) is 12.1 Å². The molecule has 0 bridgehead atoms. The fourth-order valence-electron chi connectivity index (χ4n) is 2.91. The smallest absolute Gasteiger partial charge is 0.407 e. The van der Waals surface area contributed by atoms with Crippen LogP contribution in [0.5, 0.6) is 0 Å². The molecule has 4 rings (SSSR count). The first kappa shape index (κ1) is 18.2. The van der Waals surface area contributed by atoms with Crippen molar-refractivity contribution in [1.29, 1.82) is 0 Å². The molecule has 10 nitrogen and oxygen atoms in total. The molecule has 0 aliphatic carbocycles. The van der Waals surface area contributed by atoms with Crippen LogP contribution in [0, 0.1) is 10.1 Å². The number of non-ortho nitro benzene ring substituents is 1. The molecule has 146 valence electrons. The van der Waals surface area contributed by atoms with Crippen molar-refractivity contribution in [1.82, 2.24) is 19.7 Å². The highest BCUT2D eigenvalue weighted by Crippen LogP contribution is 2.20. The Morgan fingerprint density at radius 3 is 2.69 bits per heavy atom. The molecule has 0 aliphatic heterocycles. The minimum Gasteiger partial charge on any atom is -0.407 e. The zero-order valence-electron chi connectivity index (χ0n) is 15.0. The average Bonchev–Trinajstić information content (AvgIpc) is 3.35. The van der Waals surface area contributed by atoms with Gasteiger partial charge in [0.25, 0.3) is 5.69 Å². The monoisotopic (exact) mass is 393 g/mol. The maximum absolute atomic E-state index is 12.3. The van der Waals surface area contributed by atoms with Gasteiger partial charge in [-0.3, -0.25) is 19.5 Å². The maximum Gasteiger partial charge on any atom is 0.420 e. The summed E-state index contributed by atoms with van der Waals surface area (Å²) in [4.78, 5) is 34.5. The van der Waals surface area contributed by atoms with Crippen LogP contribution in [0.3, 0.4) is 0 Å². The predicted molar refractivity (Wildman–Crippen MR) is 103 cm³/mol. The molecule has 1 amide bonds. The van der Waals surface area contributed by atoms with Crippen molar-refractivity contribution in [2.75, 3.05) is 0 Å². The lowest BCUT2D eigenvalue weighted by Gasteiger charge is -2.07.